The lowest BCUT2D eigenvalue weighted by Gasteiger charge is -2.33. The second-order valence-electron chi connectivity index (χ2n) is 6.38. The summed E-state index contributed by atoms with van der Waals surface area (Å²) in [7, 11) is 0. The van der Waals surface area contributed by atoms with Crippen molar-refractivity contribution in [3.05, 3.63) is 35.7 Å². The van der Waals surface area contributed by atoms with Crippen LogP contribution < -0.4 is 5.32 Å². The zero-order valence-electron chi connectivity index (χ0n) is 14.8. The molecule has 2 amide bonds. The van der Waals surface area contributed by atoms with Crippen molar-refractivity contribution in [2.75, 3.05) is 23.4 Å². The van der Waals surface area contributed by atoms with E-state index in [4.69, 9.17) is 0 Å². The molecule has 1 aliphatic rings. The molecule has 3 rings (SSSR count). The van der Waals surface area contributed by atoms with Crippen LogP contribution in [0.3, 0.4) is 0 Å². The SMILES string of the molecule is C[C@H]1CCCCN1C(=O)CSCC(=O)Nc1nc(-c2ccccc2)cs1. The number of carbonyl (C=O) groups excluding carboxylic acids is 2. The monoisotopic (exact) mass is 389 g/mol. The number of likely N-dealkylation sites (tertiary alicyclic amines) is 1. The number of carbonyl (C=O) groups is 2. The molecule has 1 aliphatic heterocycles. The lowest BCUT2D eigenvalue weighted by molar-refractivity contribution is -0.131. The van der Waals surface area contributed by atoms with Gasteiger partial charge < -0.3 is 10.2 Å². The molecule has 0 bridgehead atoms. The smallest absolute Gasteiger partial charge is 0.236 e. The fourth-order valence-corrected chi connectivity index (χ4v) is 4.45. The summed E-state index contributed by atoms with van der Waals surface area (Å²) in [4.78, 5) is 30.8. The van der Waals surface area contributed by atoms with E-state index in [1.54, 1.807) is 0 Å². The van der Waals surface area contributed by atoms with Crippen molar-refractivity contribution in [1.29, 1.82) is 0 Å². The number of thioether (sulfide) groups is 1. The quantitative estimate of drug-likeness (QED) is 0.814. The minimum absolute atomic E-state index is 0.122. The van der Waals surface area contributed by atoms with Gasteiger partial charge in [0.05, 0.1) is 17.2 Å². The fraction of sp³-hybridized carbons (Fsp3) is 0.421. The minimum atomic E-state index is -0.122. The molecule has 1 fully saturated rings. The summed E-state index contributed by atoms with van der Waals surface area (Å²) in [5.74, 6) is 0.623. The molecular weight excluding hydrogens is 366 g/mol. The van der Waals surface area contributed by atoms with Gasteiger partial charge in [0, 0.05) is 23.5 Å². The third kappa shape index (κ3) is 5.08. The second kappa shape index (κ2) is 9.19. The first kappa shape index (κ1) is 18.9. The zero-order chi connectivity index (χ0) is 18.4. The van der Waals surface area contributed by atoms with E-state index in [0.29, 0.717) is 16.9 Å². The average molecular weight is 390 g/mol. The highest BCUT2D eigenvalue weighted by molar-refractivity contribution is 8.00. The Kier molecular flexibility index (Phi) is 6.68. The first-order chi connectivity index (χ1) is 12.6. The van der Waals surface area contributed by atoms with Crippen LogP contribution in [-0.2, 0) is 9.59 Å². The number of hydrogen-bond acceptors (Lipinski definition) is 5. The Morgan fingerprint density at radius 3 is 2.85 bits per heavy atom. The van der Waals surface area contributed by atoms with E-state index >= 15 is 0 Å². The molecule has 0 aliphatic carbocycles. The third-order valence-corrected chi connectivity index (χ3v) is 6.08. The lowest BCUT2D eigenvalue weighted by atomic mass is 10.0. The molecule has 0 spiro atoms. The largest absolute Gasteiger partial charge is 0.339 e. The van der Waals surface area contributed by atoms with Gasteiger partial charge in [-0.05, 0) is 26.2 Å². The molecule has 0 radical (unpaired) electrons. The normalized spacial score (nSPS) is 17.1. The number of rotatable bonds is 6. The number of amides is 2. The highest BCUT2D eigenvalue weighted by Crippen LogP contribution is 2.24. The third-order valence-electron chi connectivity index (χ3n) is 4.40. The zero-order valence-corrected chi connectivity index (χ0v) is 16.4. The molecule has 26 heavy (non-hydrogen) atoms. The number of piperidine rings is 1. The Hall–Kier alpha value is -1.86. The van der Waals surface area contributed by atoms with Crippen LogP contribution in [0.25, 0.3) is 11.3 Å². The molecule has 1 N–H and O–H groups in total. The number of thiazole rings is 1. The molecule has 0 unspecified atom stereocenters. The number of nitrogens with zero attached hydrogens (tertiary/aromatic N) is 2. The van der Waals surface area contributed by atoms with Gasteiger partial charge in [0.25, 0.3) is 0 Å². The van der Waals surface area contributed by atoms with E-state index in [9.17, 15) is 9.59 Å². The van der Waals surface area contributed by atoms with Gasteiger partial charge in [-0.25, -0.2) is 4.98 Å². The van der Waals surface area contributed by atoms with Gasteiger partial charge in [-0.2, -0.15) is 0 Å². The van der Waals surface area contributed by atoms with Gasteiger partial charge in [-0.15, -0.1) is 23.1 Å². The standard InChI is InChI=1S/C19H23N3O2S2/c1-14-7-5-6-10-22(14)18(24)13-25-12-17(23)21-19-20-16(11-26-19)15-8-3-2-4-9-15/h2-4,8-9,11,14H,5-7,10,12-13H2,1H3,(H,20,21,23)/t14-/m0/s1. The number of anilines is 1. The van der Waals surface area contributed by atoms with Gasteiger partial charge in [0.2, 0.25) is 11.8 Å². The van der Waals surface area contributed by atoms with E-state index in [2.05, 4.69) is 17.2 Å². The van der Waals surface area contributed by atoms with E-state index in [1.165, 1.54) is 29.5 Å². The maximum absolute atomic E-state index is 12.3. The molecular formula is C19H23N3O2S2. The van der Waals surface area contributed by atoms with Gasteiger partial charge in [0.1, 0.15) is 0 Å². The summed E-state index contributed by atoms with van der Waals surface area (Å²) in [6, 6.07) is 10.2. The molecule has 5 nitrogen and oxygen atoms in total. The topological polar surface area (TPSA) is 62.3 Å². The van der Waals surface area contributed by atoms with Crippen molar-refractivity contribution < 1.29 is 9.59 Å². The molecule has 1 atom stereocenters. The van der Waals surface area contributed by atoms with Gasteiger partial charge in [-0.3, -0.25) is 9.59 Å². The summed E-state index contributed by atoms with van der Waals surface area (Å²) < 4.78 is 0. The van der Waals surface area contributed by atoms with Crippen molar-refractivity contribution in [2.45, 2.75) is 32.2 Å². The van der Waals surface area contributed by atoms with E-state index < -0.39 is 0 Å². The molecule has 1 aromatic carbocycles. The Balaban J connectivity index is 1.43. The van der Waals surface area contributed by atoms with Crippen LogP contribution in [0.15, 0.2) is 35.7 Å². The Morgan fingerprint density at radius 2 is 2.08 bits per heavy atom. The molecule has 2 aromatic rings. The van der Waals surface area contributed by atoms with Crippen LogP contribution >= 0.6 is 23.1 Å². The molecule has 1 aromatic heterocycles. The Bertz CT molecular complexity index is 748. The van der Waals surface area contributed by atoms with E-state index in [1.807, 2.05) is 40.6 Å². The maximum atomic E-state index is 12.3. The van der Waals surface area contributed by atoms with Crippen molar-refractivity contribution in [3.63, 3.8) is 0 Å². The van der Waals surface area contributed by atoms with Gasteiger partial charge in [-0.1, -0.05) is 30.3 Å². The van der Waals surface area contributed by atoms with Crippen molar-refractivity contribution in [1.82, 2.24) is 9.88 Å². The van der Waals surface area contributed by atoms with Gasteiger partial charge >= 0.3 is 0 Å². The predicted molar refractivity (Wildman–Crippen MR) is 109 cm³/mol. The highest BCUT2D eigenvalue weighted by Gasteiger charge is 2.23. The minimum Gasteiger partial charge on any atom is -0.339 e. The number of benzene rings is 1. The molecule has 2 heterocycles. The molecule has 7 heteroatoms. The Morgan fingerprint density at radius 1 is 1.27 bits per heavy atom. The van der Waals surface area contributed by atoms with E-state index in [0.717, 1.165) is 30.6 Å². The molecule has 1 saturated heterocycles. The summed E-state index contributed by atoms with van der Waals surface area (Å²) in [6.07, 6.45) is 3.35. The summed E-state index contributed by atoms with van der Waals surface area (Å²) in [5, 5.41) is 5.34. The maximum Gasteiger partial charge on any atom is 0.236 e. The predicted octanol–water partition coefficient (Wildman–Crippen LogP) is 3.88. The van der Waals surface area contributed by atoms with Crippen LogP contribution in [0.5, 0.6) is 0 Å². The highest BCUT2D eigenvalue weighted by atomic mass is 32.2. The summed E-state index contributed by atoms with van der Waals surface area (Å²) in [5.41, 5.74) is 1.88. The first-order valence-corrected chi connectivity index (χ1v) is 10.8. The van der Waals surface area contributed by atoms with E-state index in [-0.39, 0.29) is 17.6 Å². The number of hydrogen-bond donors (Lipinski definition) is 1. The van der Waals surface area contributed by atoms with Gasteiger partial charge in [0.15, 0.2) is 5.13 Å². The van der Waals surface area contributed by atoms with Crippen molar-refractivity contribution >= 4 is 40.0 Å². The van der Waals surface area contributed by atoms with Crippen molar-refractivity contribution in [2.24, 2.45) is 0 Å². The average Bonchev–Trinajstić information content (AvgIpc) is 3.11. The second-order valence-corrected chi connectivity index (χ2v) is 8.22. The van der Waals surface area contributed by atoms with Crippen LogP contribution in [0.4, 0.5) is 5.13 Å². The van der Waals surface area contributed by atoms with Crippen LogP contribution in [0.2, 0.25) is 0 Å². The van der Waals surface area contributed by atoms with Crippen LogP contribution in [0, 0.1) is 0 Å². The summed E-state index contributed by atoms with van der Waals surface area (Å²) in [6.45, 7) is 2.94. The van der Waals surface area contributed by atoms with Crippen LogP contribution in [-0.4, -0.2) is 45.8 Å². The molecule has 138 valence electrons. The first-order valence-electron chi connectivity index (χ1n) is 8.81. The summed E-state index contributed by atoms with van der Waals surface area (Å²) >= 11 is 2.77. The fourth-order valence-electron chi connectivity index (χ4n) is 3.01. The van der Waals surface area contributed by atoms with Crippen molar-refractivity contribution in [3.8, 4) is 11.3 Å². The molecule has 0 saturated carbocycles. The van der Waals surface area contributed by atoms with Crippen LogP contribution in [0.1, 0.15) is 26.2 Å². The number of nitrogens with one attached hydrogen (secondary N) is 1. The number of aromatic nitrogens is 1. The lowest BCUT2D eigenvalue weighted by Crippen LogP contribution is -2.43. The Labute approximate surface area is 162 Å².